The number of nitrogens with one attached hydrogen (secondary N) is 1. The molecular weight excluding hydrogens is 200 g/mol. The van der Waals surface area contributed by atoms with Crippen molar-refractivity contribution in [1.82, 2.24) is 9.97 Å². The van der Waals surface area contributed by atoms with Gasteiger partial charge in [0.2, 0.25) is 0 Å². The highest BCUT2D eigenvalue weighted by Gasteiger charge is 2.00. The highest BCUT2D eigenvalue weighted by Crippen LogP contribution is 2.18. The van der Waals surface area contributed by atoms with Gasteiger partial charge in [-0.25, -0.2) is 4.98 Å². The molecule has 0 aliphatic rings. The minimum Gasteiger partial charge on any atom is -0.397 e. The highest BCUT2D eigenvalue weighted by molar-refractivity contribution is 5.59. The molecule has 0 spiro atoms. The Morgan fingerprint density at radius 2 is 1.94 bits per heavy atom. The van der Waals surface area contributed by atoms with E-state index in [0.717, 1.165) is 22.9 Å². The van der Waals surface area contributed by atoms with E-state index < -0.39 is 0 Å². The Morgan fingerprint density at radius 3 is 2.56 bits per heavy atom. The average Bonchev–Trinajstić information content (AvgIpc) is 2.25. The summed E-state index contributed by atoms with van der Waals surface area (Å²) >= 11 is 0. The van der Waals surface area contributed by atoms with Crippen LogP contribution in [0, 0.1) is 13.8 Å². The SMILES string of the molecule is Cc1ccc(Nc2ccc(N)cn2)c(C)n1. The molecule has 2 aromatic heterocycles. The Bertz CT molecular complexity index is 491. The van der Waals surface area contributed by atoms with Gasteiger partial charge < -0.3 is 11.1 Å². The van der Waals surface area contributed by atoms with Gasteiger partial charge in [-0.3, -0.25) is 4.98 Å². The Hall–Kier alpha value is -2.10. The first kappa shape index (κ1) is 10.4. The second kappa shape index (κ2) is 4.18. The van der Waals surface area contributed by atoms with Gasteiger partial charge in [0.1, 0.15) is 5.82 Å². The zero-order chi connectivity index (χ0) is 11.5. The van der Waals surface area contributed by atoms with E-state index in [1.807, 2.05) is 38.1 Å². The van der Waals surface area contributed by atoms with Crippen LogP contribution in [0.15, 0.2) is 30.5 Å². The third kappa shape index (κ3) is 2.28. The molecule has 2 heterocycles. The Labute approximate surface area is 94.5 Å². The summed E-state index contributed by atoms with van der Waals surface area (Å²) < 4.78 is 0. The number of nitrogens with two attached hydrogens (primary N) is 1. The lowest BCUT2D eigenvalue weighted by atomic mass is 10.2. The van der Waals surface area contributed by atoms with Crippen LogP contribution in [0.2, 0.25) is 0 Å². The van der Waals surface area contributed by atoms with Crippen molar-refractivity contribution in [3.63, 3.8) is 0 Å². The number of hydrogen-bond acceptors (Lipinski definition) is 4. The second-order valence-corrected chi connectivity index (χ2v) is 3.69. The average molecular weight is 214 g/mol. The third-order valence-electron chi connectivity index (χ3n) is 2.27. The van der Waals surface area contributed by atoms with E-state index in [4.69, 9.17) is 5.73 Å². The summed E-state index contributed by atoms with van der Waals surface area (Å²) in [5, 5.41) is 3.20. The first-order chi connectivity index (χ1) is 7.65. The van der Waals surface area contributed by atoms with Crippen LogP contribution >= 0.6 is 0 Å². The molecule has 0 fully saturated rings. The Kier molecular flexibility index (Phi) is 2.72. The van der Waals surface area contributed by atoms with Crippen molar-refractivity contribution in [2.24, 2.45) is 0 Å². The predicted molar refractivity (Wildman–Crippen MR) is 65.6 cm³/mol. The van der Waals surface area contributed by atoms with Gasteiger partial charge in [-0.2, -0.15) is 0 Å². The van der Waals surface area contributed by atoms with Crippen molar-refractivity contribution in [2.45, 2.75) is 13.8 Å². The zero-order valence-corrected chi connectivity index (χ0v) is 9.36. The standard InChI is InChI=1S/C12H14N4/c1-8-3-5-11(9(2)15-8)16-12-6-4-10(13)7-14-12/h3-7H,13H2,1-2H3,(H,14,16). The fourth-order valence-corrected chi connectivity index (χ4v) is 1.44. The van der Waals surface area contributed by atoms with E-state index >= 15 is 0 Å². The number of hydrogen-bond donors (Lipinski definition) is 2. The van der Waals surface area contributed by atoms with Gasteiger partial charge in [-0.1, -0.05) is 0 Å². The van der Waals surface area contributed by atoms with Crippen molar-refractivity contribution in [3.05, 3.63) is 41.9 Å². The molecule has 4 nitrogen and oxygen atoms in total. The fraction of sp³-hybridized carbons (Fsp3) is 0.167. The molecule has 0 radical (unpaired) electrons. The molecule has 0 amide bonds. The van der Waals surface area contributed by atoms with Gasteiger partial charge in [-0.05, 0) is 38.1 Å². The van der Waals surface area contributed by atoms with E-state index in [0.29, 0.717) is 5.69 Å². The lowest BCUT2D eigenvalue weighted by molar-refractivity contribution is 1.12. The van der Waals surface area contributed by atoms with Gasteiger partial charge in [0.05, 0.1) is 23.3 Å². The second-order valence-electron chi connectivity index (χ2n) is 3.69. The minimum atomic E-state index is 0.657. The lowest BCUT2D eigenvalue weighted by Gasteiger charge is -2.08. The van der Waals surface area contributed by atoms with Crippen LogP contribution in [0.5, 0.6) is 0 Å². The fourth-order valence-electron chi connectivity index (χ4n) is 1.44. The molecule has 0 saturated heterocycles. The molecular formula is C12H14N4. The summed E-state index contributed by atoms with van der Waals surface area (Å²) in [7, 11) is 0. The number of aryl methyl sites for hydroxylation is 2. The molecule has 16 heavy (non-hydrogen) atoms. The van der Waals surface area contributed by atoms with Gasteiger partial charge in [-0.15, -0.1) is 0 Å². The number of rotatable bonds is 2. The summed E-state index contributed by atoms with van der Waals surface area (Å²) in [5.74, 6) is 0.767. The molecule has 0 atom stereocenters. The summed E-state index contributed by atoms with van der Waals surface area (Å²) in [6, 6.07) is 7.61. The Balaban J connectivity index is 2.23. The third-order valence-corrected chi connectivity index (χ3v) is 2.27. The number of nitrogen functional groups attached to an aromatic ring is 1. The number of pyridine rings is 2. The van der Waals surface area contributed by atoms with Gasteiger partial charge >= 0.3 is 0 Å². The predicted octanol–water partition coefficient (Wildman–Crippen LogP) is 2.42. The van der Waals surface area contributed by atoms with Crippen LogP contribution in [0.1, 0.15) is 11.4 Å². The minimum absolute atomic E-state index is 0.657. The zero-order valence-electron chi connectivity index (χ0n) is 9.36. The lowest BCUT2D eigenvalue weighted by Crippen LogP contribution is -1.98. The molecule has 0 bridgehead atoms. The van der Waals surface area contributed by atoms with Gasteiger partial charge in [0.25, 0.3) is 0 Å². The molecule has 2 rings (SSSR count). The molecule has 0 aliphatic heterocycles. The Morgan fingerprint density at radius 1 is 1.12 bits per heavy atom. The molecule has 0 unspecified atom stereocenters. The highest BCUT2D eigenvalue weighted by atomic mass is 15.0. The number of nitrogens with zero attached hydrogens (tertiary/aromatic N) is 2. The summed E-state index contributed by atoms with van der Waals surface area (Å²) in [4.78, 5) is 8.55. The number of aromatic nitrogens is 2. The largest absolute Gasteiger partial charge is 0.397 e. The van der Waals surface area contributed by atoms with Crippen LogP contribution in [-0.2, 0) is 0 Å². The van der Waals surface area contributed by atoms with E-state index in [9.17, 15) is 0 Å². The van der Waals surface area contributed by atoms with Crippen LogP contribution in [0.25, 0.3) is 0 Å². The first-order valence-corrected chi connectivity index (χ1v) is 5.08. The van der Waals surface area contributed by atoms with E-state index in [2.05, 4.69) is 15.3 Å². The summed E-state index contributed by atoms with van der Waals surface area (Å²) in [5.41, 5.74) is 9.15. The van der Waals surface area contributed by atoms with E-state index in [-0.39, 0.29) is 0 Å². The smallest absolute Gasteiger partial charge is 0.130 e. The van der Waals surface area contributed by atoms with Crippen LogP contribution in [-0.4, -0.2) is 9.97 Å². The molecule has 0 saturated carbocycles. The van der Waals surface area contributed by atoms with Gasteiger partial charge in [0, 0.05) is 5.69 Å². The molecule has 3 N–H and O–H groups in total. The molecule has 0 aliphatic carbocycles. The maximum Gasteiger partial charge on any atom is 0.130 e. The molecule has 0 aromatic carbocycles. The van der Waals surface area contributed by atoms with E-state index in [1.54, 1.807) is 6.20 Å². The molecule has 4 heteroatoms. The van der Waals surface area contributed by atoms with Crippen molar-refractivity contribution < 1.29 is 0 Å². The van der Waals surface area contributed by atoms with Crippen molar-refractivity contribution >= 4 is 17.2 Å². The quantitative estimate of drug-likeness (QED) is 0.805. The van der Waals surface area contributed by atoms with Gasteiger partial charge in [0.15, 0.2) is 0 Å². The van der Waals surface area contributed by atoms with Crippen LogP contribution < -0.4 is 11.1 Å². The van der Waals surface area contributed by atoms with Crippen molar-refractivity contribution in [3.8, 4) is 0 Å². The topological polar surface area (TPSA) is 63.8 Å². The van der Waals surface area contributed by atoms with E-state index in [1.165, 1.54) is 0 Å². The number of anilines is 3. The van der Waals surface area contributed by atoms with Crippen molar-refractivity contribution in [1.29, 1.82) is 0 Å². The summed E-state index contributed by atoms with van der Waals surface area (Å²) in [6.45, 7) is 3.94. The van der Waals surface area contributed by atoms with Crippen LogP contribution in [0.3, 0.4) is 0 Å². The molecule has 82 valence electrons. The maximum absolute atomic E-state index is 5.57. The van der Waals surface area contributed by atoms with Crippen molar-refractivity contribution in [2.75, 3.05) is 11.1 Å². The summed E-state index contributed by atoms with van der Waals surface area (Å²) in [6.07, 6.45) is 1.62. The maximum atomic E-state index is 5.57. The molecule has 2 aromatic rings. The first-order valence-electron chi connectivity index (χ1n) is 5.08. The normalized spacial score (nSPS) is 10.1. The monoisotopic (exact) mass is 214 g/mol. The van der Waals surface area contributed by atoms with Crippen LogP contribution in [0.4, 0.5) is 17.2 Å².